The predicted octanol–water partition coefficient (Wildman–Crippen LogP) is 24.4. The van der Waals surface area contributed by atoms with Crippen LogP contribution in [0.2, 0.25) is 0 Å². The lowest BCUT2D eigenvalue weighted by molar-refractivity contribution is -0.161. The van der Waals surface area contributed by atoms with Gasteiger partial charge in [-0.05, 0) is 135 Å². The van der Waals surface area contributed by atoms with Crippen LogP contribution in [-0.4, -0.2) is 96.7 Å². The predicted molar refractivity (Wildman–Crippen MR) is 436 cm³/mol. The fraction of sp³-hybridized carbons (Fsp3) is 0.701. The van der Waals surface area contributed by atoms with Crippen molar-refractivity contribution in [2.75, 3.05) is 39.6 Å². The smallest absolute Gasteiger partial charge is 0.462 e. The second-order valence-electron chi connectivity index (χ2n) is 27.3. The summed E-state index contributed by atoms with van der Waals surface area (Å²) in [7, 11) is -9.99. The molecule has 0 aliphatic rings. The molecular formula is C87H148O17P2. The number of aliphatic hydroxyl groups is 1. The lowest BCUT2D eigenvalue weighted by Gasteiger charge is -2.21. The molecule has 0 aromatic rings. The van der Waals surface area contributed by atoms with Gasteiger partial charge in [0.05, 0.1) is 26.4 Å². The van der Waals surface area contributed by atoms with E-state index >= 15 is 0 Å². The third-order valence-electron chi connectivity index (χ3n) is 17.1. The summed E-state index contributed by atoms with van der Waals surface area (Å²) < 4.78 is 68.6. The van der Waals surface area contributed by atoms with Crippen molar-refractivity contribution in [1.82, 2.24) is 0 Å². The number of phosphoric acid groups is 2. The van der Waals surface area contributed by atoms with Crippen molar-refractivity contribution in [3.05, 3.63) is 134 Å². The summed E-state index contributed by atoms with van der Waals surface area (Å²) in [5, 5.41) is 10.7. The molecule has 17 nitrogen and oxygen atoms in total. The number of rotatable bonds is 77. The molecule has 0 rings (SSSR count). The van der Waals surface area contributed by atoms with Crippen molar-refractivity contribution in [3.8, 4) is 0 Å². The largest absolute Gasteiger partial charge is 0.472 e. The van der Waals surface area contributed by atoms with E-state index in [1.807, 2.05) is 18.2 Å². The Morgan fingerprint density at radius 1 is 0.274 bits per heavy atom. The normalized spacial score (nSPS) is 14.5. The number of hydrogen-bond donors (Lipinski definition) is 3. The van der Waals surface area contributed by atoms with E-state index in [-0.39, 0.29) is 25.7 Å². The molecule has 0 aliphatic heterocycles. The van der Waals surface area contributed by atoms with Crippen LogP contribution in [0.4, 0.5) is 0 Å². The van der Waals surface area contributed by atoms with E-state index in [0.717, 1.165) is 148 Å². The second kappa shape index (κ2) is 78.3. The van der Waals surface area contributed by atoms with Crippen molar-refractivity contribution in [1.29, 1.82) is 0 Å². The van der Waals surface area contributed by atoms with Gasteiger partial charge in [-0.15, -0.1) is 0 Å². The van der Waals surface area contributed by atoms with Crippen molar-refractivity contribution in [2.24, 2.45) is 0 Å². The monoisotopic (exact) mass is 1530 g/mol. The summed E-state index contributed by atoms with van der Waals surface area (Å²) in [6.45, 7) is 4.62. The van der Waals surface area contributed by atoms with E-state index in [9.17, 15) is 43.2 Å². The highest BCUT2D eigenvalue weighted by molar-refractivity contribution is 7.47. The van der Waals surface area contributed by atoms with Crippen LogP contribution in [0.3, 0.4) is 0 Å². The molecule has 0 aromatic carbocycles. The number of phosphoric ester groups is 2. The molecule has 19 heteroatoms. The average molecular weight is 1530 g/mol. The quantitative estimate of drug-likeness (QED) is 0.0169. The van der Waals surface area contributed by atoms with Gasteiger partial charge in [0.25, 0.3) is 0 Å². The molecular weight excluding hydrogens is 1380 g/mol. The third kappa shape index (κ3) is 77.4. The Labute approximate surface area is 644 Å². The molecule has 3 N–H and O–H groups in total. The van der Waals surface area contributed by atoms with Gasteiger partial charge in [-0.3, -0.25) is 37.3 Å². The fourth-order valence-electron chi connectivity index (χ4n) is 10.8. The van der Waals surface area contributed by atoms with Gasteiger partial charge in [-0.2, -0.15) is 0 Å². The second-order valence-corrected chi connectivity index (χ2v) is 30.2. The molecule has 0 saturated heterocycles. The molecule has 0 bridgehead atoms. The minimum Gasteiger partial charge on any atom is -0.462 e. The van der Waals surface area contributed by atoms with Gasteiger partial charge in [-0.25, -0.2) is 9.13 Å². The standard InChI is InChI=1S/C87H148O17P2/c1-5-9-13-17-21-25-29-33-36-38-40-42-45-48-52-56-60-64-68-72-85(90)98-78-83(104-87(92)74-70-66-62-58-54-50-46-43-41-39-37-34-30-26-22-18-14-10-6-2)80-102-106(95,96)100-76-81(88)75-99-105(93,94)101-79-82(77-97-84(89)71-67-63-59-55-51-47-32-28-24-20-16-12-8-4)103-86(91)73-69-65-61-57-53-49-44-35-31-27-23-19-15-11-7-3/h10,14,21-22,25-27,31,33-34,36-37,40-43,48,50,52,54,60,64,81-83,88H,5-9,11-13,15-20,23-24,28-30,32,35,38-39,44-47,49,51,53,55-59,61-63,65-80H2,1-4H3,(H,93,94)(H,95,96)/b14-10-,25-21-,26-22-,31-27-,36-33-,37-34-,42-40-,43-41-,52-48-,54-50-,64-60-/t81-,82+,83+/m0/s1. The first-order valence-corrected chi connectivity index (χ1v) is 44.4. The lowest BCUT2D eigenvalue weighted by atomic mass is 10.0. The van der Waals surface area contributed by atoms with Crippen molar-refractivity contribution >= 4 is 39.5 Å². The van der Waals surface area contributed by atoms with Gasteiger partial charge < -0.3 is 33.8 Å². The minimum absolute atomic E-state index is 0.0272. The zero-order valence-corrected chi connectivity index (χ0v) is 68.4. The number of allylic oxidation sites excluding steroid dienone is 22. The van der Waals surface area contributed by atoms with E-state index in [1.165, 1.54) is 103 Å². The summed E-state index contributed by atoms with van der Waals surface area (Å²) in [6.07, 6.45) is 88.6. The van der Waals surface area contributed by atoms with Crippen molar-refractivity contribution < 1.29 is 80.2 Å². The SMILES string of the molecule is CC/C=C\C/C=C\C/C=C\C/C=C\C/C=C\CCCCCC(=O)O[C@H](COC(=O)CC/C=C\C/C=C\C/C=C\C/C=C\C/C=C\CCCCC)COP(=O)(O)OC[C@@H](O)COP(=O)(O)OC[C@@H](COC(=O)CCCCCCCCCCCCCCC)OC(=O)CCCCCCCCC/C=C\CCCCCC. The average Bonchev–Trinajstić information content (AvgIpc) is 0.902. The Bertz CT molecular complexity index is 2530. The van der Waals surface area contributed by atoms with Crippen LogP contribution < -0.4 is 0 Å². The van der Waals surface area contributed by atoms with Crippen LogP contribution in [0.25, 0.3) is 0 Å². The maximum Gasteiger partial charge on any atom is 0.472 e. The van der Waals surface area contributed by atoms with Crippen LogP contribution >= 0.6 is 15.6 Å². The Balaban J connectivity index is 5.47. The zero-order valence-electron chi connectivity index (χ0n) is 66.6. The first-order chi connectivity index (χ1) is 51.7. The summed E-state index contributed by atoms with van der Waals surface area (Å²) >= 11 is 0. The Morgan fingerprint density at radius 2 is 0.509 bits per heavy atom. The molecule has 2 unspecified atom stereocenters. The van der Waals surface area contributed by atoms with E-state index in [1.54, 1.807) is 0 Å². The van der Waals surface area contributed by atoms with Gasteiger partial charge in [0.15, 0.2) is 12.2 Å². The molecule has 0 aromatic heterocycles. The van der Waals surface area contributed by atoms with Gasteiger partial charge in [-0.1, -0.05) is 309 Å². The highest BCUT2D eigenvalue weighted by atomic mass is 31.2. The van der Waals surface area contributed by atoms with Crippen molar-refractivity contribution in [3.63, 3.8) is 0 Å². The third-order valence-corrected chi connectivity index (χ3v) is 19.0. The first kappa shape index (κ1) is 101. The molecule has 0 radical (unpaired) electrons. The number of esters is 4. The Kier molecular flexibility index (Phi) is 74.8. The summed E-state index contributed by atoms with van der Waals surface area (Å²) in [4.78, 5) is 73.1. The topological polar surface area (TPSA) is 237 Å². The highest BCUT2D eigenvalue weighted by Crippen LogP contribution is 2.45. The number of carbonyl (C=O) groups excluding carboxylic acids is 4. The number of aliphatic hydroxyl groups excluding tert-OH is 1. The fourth-order valence-corrected chi connectivity index (χ4v) is 12.4. The molecule has 608 valence electrons. The highest BCUT2D eigenvalue weighted by Gasteiger charge is 2.30. The van der Waals surface area contributed by atoms with E-state index in [4.69, 9.17) is 37.0 Å². The van der Waals surface area contributed by atoms with Crippen LogP contribution in [0.15, 0.2) is 134 Å². The van der Waals surface area contributed by atoms with Crippen molar-refractivity contribution in [2.45, 2.75) is 354 Å². The number of carbonyl (C=O) groups is 4. The van der Waals surface area contributed by atoms with E-state index < -0.39 is 97.5 Å². The van der Waals surface area contributed by atoms with E-state index in [0.29, 0.717) is 32.1 Å². The van der Waals surface area contributed by atoms with Gasteiger partial charge >= 0.3 is 39.5 Å². The summed E-state index contributed by atoms with van der Waals surface area (Å²) in [6, 6.07) is 0. The van der Waals surface area contributed by atoms with Crippen LogP contribution in [0.1, 0.15) is 336 Å². The van der Waals surface area contributed by atoms with Crippen LogP contribution in [-0.2, 0) is 65.4 Å². The Morgan fingerprint density at radius 3 is 0.858 bits per heavy atom. The maximum atomic E-state index is 13.1. The summed E-state index contributed by atoms with van der Waals surface area (Å²) in [5.41, 5.74) is 0. The lowest BCUT2D eigenvalue weighted by Crippen LogP contribution is -2.30. The molecule has 0 aliphatic carbocycles. The van der Waals surface area contributed by atoms with Gasteiger partial charge in [0.2, 0.25) is 0 Å². The van der Waals surface area contributed by atoms with E-state index in [2.05, 4.69) is 143 Å². The van der Waals surface area contributed by atoms with Gasteiger partial charge in [0.1, 0.15) is 19.3 Å². The van der Waals surface area contributed by atoms with Gasteiger partial charge in [0, 0.05) is 25.7 Å². The number of hydrogen-bond acceptors (Lipinski definition) is 15. The van der Waals surface area contributed by atoms with Crippen LogP contribution in [0.5, 0.6) is 0 Å². The molecule has 0 fully saturated rings. The molecule has 0 heterocycles. The minimum atomic E-state index is -5.01. The molecule has 106 heavy (non-hydrogen) atoms. The zero-order chi connectivity index (χ0) is 77.4. The summed E-state index contributed by atoms with van der Waals surface area (Å²) in [5.74, 6) is -2.30. The number of unbranched alkanes of at least 4 members (excludes halogenated alkanes) is 29. The molecule has 0 spiro atoms. The molecule has 0 saturated carbocycles. The molecule has 5 atom stereocenters. The number of ether oxygens (including phenoxy) is 4. The first-order valence-electron chi connectivity index (χ1n) is 41.4. The Hall–Kier alpha value is -4.80. The van der Waals surface area contributed by atoms with Crippen LogP contribution in [0, 0.1) is 0 Å². The maximum absolute atomic E-state index is 13.1. The molecule has 0 amide bonds.